The van der Waals surface area contributed by atoms with Crippen LogP contribution in [0.1, 0.15) is 47.2 Å². The van der Waals surface area contributed by atoms with Gasteiger partial charge in [-0.05, 0) is 38.3 Å². The van der Waals surface area contributed by atoms with Gasteiger partial charge in [0.1, 0.15) is 23.1 Å². The van der Waals surface area contributed by atoms with E-state index in [9.17, 15) is 9.59 Å². The predicted octanol–water partition coefficient (Wildman–Crippen LogP) is 2.75. The Labute approximate surface area is 181 Å². The normalized spacial score (nSPS) is 15.0. The van der Waals surface area contributed by atoms with Crippen molar-refractivity contribution in [2.45, 2.75) is 45.8 Å². The zero-order chi connectivity index (χ0) is 21.3. The molecular weight excluding hydrogens is 400 g/mol. The second kappa shape index (κ2) is 11.1. The molecular formula is C22H30N4O3S. The summed E-state index contributed by atoms with van der Waals surface area (Å²) in [6.07, 6.45) is 2.61. The molecule has 3 rings (SSSR count). The molecule has 1 aromatic heterocycles. The van der Waals surface area contributed by atoms with E-state index in [4.69, 9.17) is 4.74 Å². The first-order chi connectivity index (χ1) is 14.5. The topological polar surface area (TPSA) is 83.6 Å². The number of hydrogen-bond donors (Lipinski definition) is 2. The molecule has 0 radical (unpaired) electrons. The minimum absolute atomic E-state index is 0.0715. The van der Waals surface area contributed by atoms with Crippen LogP contribution in [0.4, 0.5) is 0 Å². The third kappa shape index (κ3) is 6.81. The summed E-state index contributed by atoms with van der Waals surface area (Å²) in [6.45, 7) is 7.17. The van der Waals surface area contributed by atoms with E-state index in [0.29, 0.717) is 18.8 Å². The van der Waals surface area contributed by atoms with Gasteiger partial charge in [-0.25, -0.2) is 4.98 Å². The van der Waals surface area contributed by atoms with Crippen molar-refractivity contribution in [2.24, 2.45) is 0 Å². The van der Waals surface area contributed by atoms with E-state index >= 15 is 0 Å². The molecule has 1 aliphatic rings. The van der Waals surface area contributed by atoms with Gasteiger partial charge in [0.05, 0.1) is 6.54 Å². The summed E-state index contributed by atoms with van der Waals surface area (Å²) in [5, 5.41) is 8.52. The number of ether oxygens (including phenoxy) is 1. The molecule has 30 heavy (non-hydrogen) atoms. The molecule has 0 spiro atoms. The molecule has 0 atom stereocenters. The predicted molar refractivity (Wildman–Crippen MR) is 118 cm³/mol. The molecule has 2 aromatic rings. The first-order valence-electron chi connectivity index (χ1n) is 10.5. The fourth-order valence-corrected chi connectivity index (χ4v) is 3.96. The molecule has 162 valence electrons. The molecule has 7 nitrogen and oxygen atoms in total. The molecule has 2 heterocycles. The SMILES string of the molecule is CCCNC(=O)CN1CCC(NC(=O)c2csc(COc3ccc(C)cc3)n2)CC1. The Hall–Kier alpha value is -2.45. The quantitative estimate of drug-likeness (QED) is 0.639. The summed E-state index contributed by atoms with van der Waals surface area (Å²) < 4.78 is 5.74. The maximum Gasteiger partial charge on any atom is 0.270 e. The van der Waals surface area contributed by atoms with Gasteiger partial charge in [0.15, 0.2) is 0 Å². The van der Waals surface area contributed by atoms with E-state index in [2.05, 4.69) is 20.5 Å². The summed E-state index contributed by atoms with van der Waals surface area (Å²) in [4.78, 5) is 30.9. The lowest BCUT2D eigenvalue weighted by atomic mass is 10.0. The van der Waals surface area contributed by atoms with Crippen molar-refractivity contribution in [1.29, 1.82) is 0 Å². The van der Waals surface area contributed by atoms with Crippen LogP contribution in [0.25, 0.3) is 0 Å². The Kier molecular flexibility index (Phi) is 8.21. The lowest BCUT2D eigenvalue weighted by Crippen LogP contribution is -2.47. The summed E-state index contributed by atoms with van der Waals surface area (Å²) in [5.74, 6) is 0.714. The number of rotatable bonds is 9. The van der Waals surface area contributed by atoms with Crippen molar-refractivity contribution in [1.82, 2.24) is 20.5 Å². The molecule has 2 N–H and O–H groups in total. The van der Waals surface area contributed by atoms with Crippen molar-refractivity contribution >= 4 is 23.2 Å². The third-order valence-corrected chi connectivity index (χ3v) is 5.85. The van der Waals surface area contributed by atoms with Crippen molar-refractivity contribution in [2.75, 3.05) is 26.2 Å². The fourth-order valence-electron chi connectivity index (χ4n) is 3.28. The highest BCUT2D eigenvalue weighted by Gasteiger charge is 2.23. The number of aromatic nitrogens is 1. The van der Waals surface area contributed by atoms with Gasteiger partial charge in [-0.2, -0.15) is 0 Å². The van der Waals surface area contributed by atoms with Crippen LogP contribution in [0.3, 0.4) is 0 Å². The highest BCUT2D eigenvalue weighted by atomic mass is 32.1. The number of thiazole rings is 1. The molecule has 1 aliphatic heterocycles. The number of likely N-dealkylation sites (tertiary alicyclic amines) is 1. The molecule has 0 aliphatic carbocycles. The molecule has 0 saturated carbocycles. The van der Waals surface area contributed by atoms with Crippen LogP contribution >= 0.6 is 11.3 Å². The van der Waals surface area contributed by atoms with Crippen LogP contribution in [-0.4, -0.2) is 53.9 Å². The van der Waals surface area contributed by atoms with Gasteiger partial charge in [0, 0.05) is 31.1 Å². The summed E-state index contributed by atoms with van der Waals surface area (Å²) in [7, 11) is 0. The summed E-state index contributed by atoms with van der Waals surface area (Å²) >= 11 is 1.43. The number of nitrogens with zero attached hydrogens (tertiary/aromatic N) is 2. The standard InChI is InChI=1S/C22H30N4O3S/c1-3-10-23-20(27)13-26-11-8-17(9-12-26)24-22(28)19-15-30-21(25-19)14-29-18-6-4-16(2)5-7-18/h4-7,15,17H,3,8-14H2,1-2H3,(H,23,27)(H,24,28). The zero-order valence-electron chi connectivity index (χ0n) is 17.6. The van der Waals surface area contributed by atoms with Crippen LogP contribution in [0.2, 0.25) is 0 Å². The fraction of sp³-hybridized carbons (Fsp3) is 0.500. The first kappa shape index (κ1) is 22.2. The zero-order valence-corrected chi connectivity index (χ0v) is 18.5. The van der Waals surface area contributed by atoms with E-state index < -0.39 is 0 Å². The number of carbonyl (C=O) groups is 2. The van der Waals surface area contributed by atoms with Crippen molar-refractivity contribution in [3.05, 3.63) is 45.9 Å². The lowest BCUT2D eigenvalue weighted by Gasteiger charge is -2.31. The molecule has 2 amide bonds. The molecule has 1 aromatic carbocycles. The Bertz CT molecular complexity index is 829. The van der Waals surface area contributed by atoms with Gasteiger partial charge in [0.2, 0.25) is 5.91 Å². The number of aryl methyl sites for hydroxylation is 1. The van der Waals surface area contributed by atoms with E-state index in [0.717, 1.165) is 49.7 Å². The van der Waals surface area contributed by atoms with Gasteiger partial charge in [-0.1, -0.05) is 24.6 Å². The summed E-state index contributed by atoms with van der Waals surface area (Å²) in [6, 6.07) is 7.96. The van der Waals surface area contributed by atoms with Gasteiger partial charge < -0.3 is 15.4 Å². The second-order valence-corrected chi connectivity index (χ2v) is 8.54. The molecule has 1 saturated heterocycles. The number of carbonyl (C=O) groups excluding carboxylic acids is 2. The number of nitrogens with one attached hydrogen (secondary N) is 2. The lowest BCUT2D eigenvalue weighted by molar-refractivity contribution is -0.122. The monoisotopic (exact) mass is 430 g/mol. The maximum atomic E-state index is 12.5. The average Bonchev–Trinajstić information content (AvgIpc) is 3.22. The van der Waals surface area contributed by atoms with Crippen LogP contribution in [0, 0.1) is 6.92 Å². The number of amides is 2. The minimum atomic E-state index is -0.146. The van der Waals surface area contributed by atoms with Gasteiger partial charge >= 0.3 is 0 Å². The molecule has 0 bridgehead atoms. The van der Waals surface area contributed by atoms with E-state index in [1.807, 2.05) is 38.1 Å². The van der Waals surface area contributed by atoms with E-state index in [-0.39, 0.29) is 17.9 Å². The average molecular weight is 431 g/mol. The van der Waals surface area contributed by atoms with Crippen molar-refractivity contribution in [3.63, 3.8) is 0 Å². The van der Waals surface area contributed by atoms with Gasteiger partial charge in [-0.3, -0.25) is 14.5 Å². The Morgan fingerprint density at radius 1 is 1.23 bits per heavy atom. The molecule has 0 unspecified atom stereocenters. The number of piperidine rings is 1. The Balaban J connectivity index is 1.40. The number of hydrogen-bond acceptors (Lipinski definition) is 6. The highest BCUT2D eigenvalue weighted by molar-refractivity contribution is 7.09. The largest absolute Gasteiger partial charge is 0.486 e. The Morgan fingerprint density at radius 2 is 1.97 bits per heavy atom. The van der Waals surface area contributed by atoms with Crippen LogP contribution in [0.15, 0.2) is 29.6 Å². The maximum absolute atomic E-state index is 12.5. The molecule has 8 heteroatoms. The minimum Gasteiger partial charge on any atom is -0.486 e. The van der Waals surface area contributed by atoms with Gasteiger partial charge in [0.25, 0.3) is 5.91 Å². The van der Waals surface area contributed by atoms with Crippen molar-refractivity contribution in [3.8, 4) is 5.75 Å². The van der Waals surface area contributed by atoms with Crippen LogP contribution in [0.5, 0.6) is 5.75 Å². The van der Waals surface area contributed by atoms with Gasteiger partial charge in [-0.15, -0.1) is 11.3 Å². The smallest absolute Gasteiger partial charge is 0.270 e. The van der Waals surface area contributed by atoms with Crippen LogP contribution in [-0.2, 0) is 11.4 Å². The first-order valence-corrected chi connectivity index (χ1v) is 11.3. The highest BCUT2D eigenvalue weighted by Crippen LogP contribution is 2.17. The second-order valence-electron chi connectivity index (χ2n) is 7.60. The van der Waals surface area contributed by atoms with Crippen LogP contribution < -0.4 is 15.4 Å². The Morgan fingerprint density at radius 3 is 2.67 bits per heavy atom. The van der Waals surface area contributed by atoms with E-state index in [1.54, 1.807) is 5.38 Å². The third-order valence-electron chi connectivity index (χ3n) is 5.03. The summed E-state index contributed by atoms with van der Waals surface area (Å²) in [5.41, 5.74) is 1.62. The number of benzene rings is 1. The van der Waals surface area contributed by atoms with E-state index in [1.165, 1.54) is 16.9 Å². The molecule has 1 fully saturated rings. The van der Waals surface area contributed by atoms with Crippen molar-refractivity contribution < 1.29 is 14.3 Å².